The van der Waals surface area contributed by atoms with E-state index in [4.69, 9.17) is 16.3 Å². The summed E-state index contributed by atoms with van der Waals surface area (Å²) in [4.78, 5) is 14.6. The van der Waals surface area contributed by atoms with Crippen LogP contribution in [0.1, 0.15) is 23.8 Å². The Labute approximate surface area is 118 Å². The fraction of sp³-hybridized carbons (Fsp3) is 0.692. The Morgan fingerprint density at radius 2 is 2.37 bits per heavy atom. The summed E-state index contributed by atoms with van der Waals surface area (Å²) < 4.78 is 7.21. The first kappa shape index (κ1) is 14.5. The number of hydrogen-bond donors (Lipinski definition) is 0. The lowest BCUT2D eigenvalue weighted by Gasteiger charge is -2.16. The van der Waals surface area contributed by atoms with Gasteiger partial charge in [-0.1, -0.05) is 18.5 Å². The van der Waals surface area contributed by atoms with Crippen molar-refractivity contribution in [2.75, 3.05) is 27.2 Å². The van der Waals surface area contributed by atoms with Crippen molar-refractivity contribution in [1.82, 2.24) is 14.7 Å². The zero-order chi connectivity index (χ0) is 14.0. The number of rotatable bonds is 5. The van der Waals surface area contributed by atoms with Crippen molar-refractivity contribution in [3.8, 4) is 0 Å². The zero-order valence-corrected chi connectivity index (χ0v) is 12.4. The average molecular weight is 286 g/mol. The van der Waals surface area contributed by atoms with E-state index in [1.165, 1.54) is 6.20 Å². The molecule has 5 nitrogen and oxygen atoms in total. The predicted molar refractivity (Wildman–Crippen MR) is 73.6 cm³/mol. The summed E-state index contributed by atoms with van der Waals surface area (Å²) in [6, 6.07) is 0. The number of carbonyl (C=O) groups excluding carboxylic acids is 1. The van der Waals surface area contributed by atoms with Crippen LogP contribution in [-0.4, -0.2) is 53.8 Å². The van der Waals surface area contributed by atoms with Crippen LogP contribution in [0.5, 0.6) is 0 Å². The Morgan fingerprint density at radius 1 is 1.63 bits per heavy atom. The monoisotopic (exact) mass is 285 g/mol. The summed E-state index contributed by atoms with van der Waals surface area (Å²) >= 11 is 6.11. The van der Waals surface area contributed by atoms with E-state index in [0.29, 0.717) is 23.9 Å². The van der Waals surface area contributed by atoms with Gasteiger partial charge in [0.25, 0.3) is 0 Å². The Balaban J connectivity index is 2.18. The smallest absolute Gasteiger partial charge is 0.211 e. The largest absolute Gasteiger partial charge is 0.370 e. The van der Waals surface area contributed by atoms with Crippen LogP contribution >= 0.6 is 11.6 Å². The Kier molecular flexibility index (Phi) is 4.60. The number of Topliss-reactive ketones (excluding diaryl/α,β-unsaturated/α-hetero) is 1. The van der Waals surface area contributed by atoms with Gasteiger partial charge in [-0.25, -0.2) is 0 Å². The number of nitrogens with zero attached hydrogens (tertiary/aromatic N) is 3. The second-order valence-electron chi connectivity index (χ2n) is 5.29. The van der Waals surface area contributed by atoms with E-state index in [1.54, 1.807) is 4.68 Å². The van der Waals surface area contributed by atoms with Crippen LogP contribution in [0.3, 0.4) is 0 Å². The summed E-state index contributed by atoms with van der Waals surface area (Å²) in [5, 5.41) is 4.60. The minimum Gasteiger partial charge on any atom is -0.370 e. The first-order valence-electron chi connectivity index (χ1n) is 6.52. The standard InChI is InChI=1S/C13H20ClN3O2/c1-9-4-7-19-13(9)12(18)11-10(14)8-15-17(11)6-5-16(2)3/h8-9,13H,4-7H2,1-3H3. The van der Waals surface area contributed by atoms with Gasteiger partial charge in [-0.05, 0) is 26.4 Å². The Morgan fingerprint density at radius 3 is 2.95 bits per heavy atom. The van der Waals surface area contributed by atoms with E-state index in [0.717, 1.165) is 13.0 Å². The van der Waals surface area contributed by atoms with Gasteiger partial charge < -0.3 is 9.64 Å². The summed E-state index contributed by atoms with van der Waals surface area (Å²) in [6.45, 7) is 4.12. The molecule has 0 bridgehead atoms. The van der Waals surface area contributed by atoms with Crippen molar-refractivity contribution in [2.24, 2.45) is 5.92 Å². The Bertz CT molecular complexity index is 459. The lowest BCUT2D eigenvalue weighted by atomic mass is 9.99. The van der Waals surface area contributed by atoms with Crippen LogP contribution in [0.2, 0.25) is 5.02 Å². The third kappa shape index (κ3) is 3.16. The van der Waals surface area contributed by atoms with Crippen LogP contribution in [0.15, 0.2) is 6.20 Å². The van der Waals surface area contributed by atoms with Crippen molar-refractivity contribution in [3.63, 3.8) is 0 Å². The highest BCUT2D eigenvalue weighted by atomic mass is 35.5. The number of halogens is 1. The molecule has 0 saturated carbocycles. The summed E-state index contributed by atoms with van der Waals surface area (Å²) in [5.74, 6) is 0.187. The average Bonchev–Trinajstić information content (AvgIpc) is 2.92. The minimum atomic E-state index is -0.382. The maximum atomic E-state index is 12.5. The van der Waals surface area contributed by atoms with Crippen molar-refractivity contribution in [2.45, 2.75) is 26.0 Å². The van der Waals surface area contributed by atoms with Crippen molar-refractivity contribution in [3.05, 3.63) is 16.9 Å². The van der Waals surface area contributed by atoms with Gasteiger partial charge in [0.05, 0.1) is 17.8 Å². The van der Waals surface area contributed by atoms with Gasteiger partial charge in [0.1, 0.15) is 11.8 Å². The molecule has 0 aromatic carbocycles. The molecule has 2 atom stereocenters. The second-order valence-corrected chi connectivity index (χ2v) is 5.70. The van der Waals surface area contributed by atoms with Crippen molar-refractivity contribution >= 4 is 17.4 Å². The lowest BCUT2D eigenvalue weighted by molar-refractivity contribution is 0.0568. The van der Waals surface area contributed by atoms with Gasteiger partial charge in [-0.3, -0.25) is 9.48 Å². The molecule has 1 fully saturated rings. The molecule has 2 unspecified atom stereocenters. The van der Waals surface area contributed by atoms with Crippen molar-refractivity contribution < 1.29 is 9.53 Å². The minimum absolute atomic E-state index is 0.0498. The third-order valence-electron chi connectivity index (χ3n) is 3.43. The molecular formula is C13H20ClN3O2. The fourth-order valence-electron chi connectivity index (χ4n) is 2.24. The summed E-state index contributed by atoms with van der Waals surface area (Å²) in [6.07, 6.45) is 2.07. The number of aromatic nitrogens is 2. The first-order valence-corrected chi connectivity index (χ1v) is 6.90. The number of ketones is 1. The zero-order valence-electron chi connectivity index (χ0n) is 11.6. The van der Waals surface area contributed by atoms with Gasteiger partial charge in [-0.2, -0.15) is 5.10 Å². The van der Waals surface area contributed by atoms with E-state index in [1.807, 2.05) is 25.9 Å². The highest BCUT2D eigenvalue weighted by Crippen LogP contribution is 2.26. The van der Waals surface area contributed by atoms with E-state index in [2.05, 4.69) is 5.10 Å². The molecule has 2 heterocycles. The lowest BCUT2D eigenvalue weighted by Crippen LogP contribution is -2.29. The second kappa shape index (κ2) is 6.03. The van der Waals surface area contributed by atoms with Crippen molar-refractivity contribution in [1.29, 1.82) is 0 Å². The predicted octanol–water partition coefficient (Wildman–Crippen LogP) is 1.71. The summed E-state index contributed by atoms with van der Waals surface area (Å²) in [5.41, 5.74) is 0.474. The fourth-order valence-corrected chi connectivity index (χ4v) is 2.47. The van der Waals surface area contributed by atoms with E-state index in [9.17, 15) is 4.79 Å². The first-order chi connectivity index (χ1) is 9.00. The molecule has 6 heteroatoms. The van der Waals surface area contributed by atoms with Crippen LogP contribution < -0.4 is 0 Å². The van der Waals surface area contributed by atoms with Crippen LogP contribution in [0.25, 0.3) is 0 Å². The molecule has 106 valence electrons. The molecule has 0 amide bonds. The number of carbonyl (C=O) groups is 1. The maximum Gasteiger partial charge on any atom is 0.211 e. The van der Waals surface area contributed by atoms with E-state index < -0.39 is 0 Å². The molecule has 1 aromatic heterocycles. The van der Waals surface area contributed by atoms with Gasteiger partial charge >= 0.3 is 0 Å². The number of likely N-dealkylation sites (N-methyl/N-ethyl adjacent to an activating group) is 1. The van der Waals surface area contributed by atoms with Gasteiger partial charge in [-0.15, -0.1) is 0 Å². The molecule has 19 heavy (non-hydrogen) atoms. The highest BCUT2D eigenvalue weighted by molar-refractivity contribution is 6.33. The van der Waals surface area contributed by atoms with Crippen LogP contribution in [0.4, 0.5) is 0 Å². The SMILES string of the molecule is CC1CCOC1C(=O)c1c(Cl)cnn1CCN(C)C. The van der Waals surface area contributed by atoms with Gasteiger partial charge in [0.2, 0.25) is 5.78 Å². The quantitative estimate of drug-likeness (QED) is 0.773. The topological polar surface area (TPSA) is 47.4 Å². The third-order valence-corrected chi connectivity index (χ3v) is 3.71. The molecule has 1 aliphatic rings. The molecule has 1 aromatic rings. The molecule has 0 radical (unpaired) electrons. The summed E-state index contributed by atoms with van der Waals surface area (Å²) in [7, 11) is 3.96. The van der Waals surface area contributed by atoms with Gasteiger partial charge in [0.15, 0.2) is 0 Å². The normalized spacial score (nSPS) is 23.2. The van der Waals surface area contributed by atoms with Gasteiger partial charge in [0, 0.05) is 13.2 Å². The molecule has 2 rings (SSSR count). The number of ether oxygens (including phenoxy) is 1. The molecule has 0 N–H and O–H groups in total. The molecule has 0 aliphatic carbocycles. The van der Waals surface area contributed by atoms with Crippen LogP contribution in [-0.2, 0) is 11.3 Å². The molecular weight excluding hydrogens is 266 g/mol. The van der Waals surface area contributed by atoms with E-state index >= 15 is 0 Å². The van der Waals surface area contributed by atoms with Crippen LogP contribution in [0, 0.1) is 5.92 Å². The maximum absolute atomic E-state index is 12.5. The molecule has 0 spiro atoms. The number of hydrogen-bond acceptors (Lipinski definition) is 4. The molecule has 1 saturated heterocycles. The van der Waals surface area contributed by atoms with E-state index in [-0.39, 0.29) is 17.8 Å². The molecule has 1 aliphatic heterocycles. The highest BCUT2D eigenvalue weighted by Gasteiger charge is 2.34. The Hall–Kier alpha value is -0.910.